The number of unbranched alkanes of at least 4 members (excludes halogenated alkanes) is 1. The number of rotatable bonds is 9. The van der Waals surface area contributed by atoms with E-state index in [0.29, 0.717) is 6.04 Å². The maximum Gasteiger partial charge on any atom is 0.142 e. The molecule has 1 aromatic heterocycles. The fourth-order valence-electron chi connectivity index (χ4n) is 1.91. The van der Waals surface area contributed by atoms with Crippen molar-refractivity contribution < 1.29 is 9.47 Å². The van der Waals surface area contributed by atoms with Gasteiger partial charge in [0.05, 0.1) is 12.3 Å². The number of aromatic nitrogens is 1. The van der Waals surface area contributed by atoms with E-state index >= 15 is 0 Å². The van der Waals surface area contributed by atoms with Crippen LogP contribution in [0.2, 0.25) is 0 Å². The van der Waals surface area contributed by atoms with Crippen LogP contribution < -0.4 is 10.1 Å². The molecule has 4 heteroatoms. The Kier molecular flexibility index (Phi) is 5.61. The van der Waals surface area contributed by atoms with E-state index in [9.17, 15) is 0 Å². The minimum Gasteiger partial charge on any atom is -0.492 e. The molecule has 0 aromatic carbocycles. The summed E-state index contributed by atoms with van der Waals surface area (Å²) < 4.78 is 10.9. The van der Waals surface area contributed by atoms with Gasteiger partial charge >= 0.3 is 0 Å². The van der Waals surface area contributed by atoms with Crippen molar-refractivity contribution in [2.45, 2.75) is 45.2 Å². The smallest absolute Gasteiger partial charge is 0.142 e. The van der Waals surface area contributed by atoms with Crippen molar-refractivity contribution in [3.8, 4) is 5.75 Å². The van der Waals surface area contributed by atoms with Gasteiger partial charge in [0.25, 0.3) is 0 Å². The number of nitrogens with zero attached hydrogens (tertiary/aromatic N) is 1. The molecular weight excluding hydrogens is 240 g/mol. The number of aryl methyl sites for hydroxylation is 1. The minimum atomic E-state index is 0.692. The Bertz CT molecular complexity index is 392. The molecule has 0 spiro atoms. The standard InChI is InChI=1S/C15H24N2O2/c1-12-5-8-15(19-10-4-3-9-18-2)14(17-12)11-16-13-6-7-13/h5,8,13,16H,3-4,6-7,9-11H2,1-2H3. The van der Waals surface area contributed by atoms with E-state index in [1.807, 2.05) is 19.1 Å². The lowest BCUT2D eigenvalue weighted by Crippen LogP contribution is -2.17. The molecule has 1 fully saturated rings. The molecule has 1 aliphatic carbocycles. The molecular formula is C15H24N2O2. The molecule has 19 heavy (non-hydrogen) atoms. The summed E-state index contributed by atoms with van der Waals surface area (Å²) in [5.41, 5.74) is 2.07. The maximum absolute atomic E-state index is 5.83. The second-order valence-corrected chi connectivity index (χ2v) is 5.10. The van der Waals surface area contributed by atoms with Gasteiger partial charge in [0, 0.05) is 32.0 Å². The summed E-state index contributed by atoms with van der Waals surface area (Å²) in [6.07, 6.45) is 4.63. The summed E-state index contributed by atoms with van der Waals surface area (Å²) in [7, 11) is 1.73. The topological polar surface area (TPSA) is 43.4 Å². The zero-order valence-corrected chi connectivity index (χ0v) is 11.9. The van der Waals surface area contributed by atoms with Crippen LogP contribution in [-0.2, 0) is 11.3 Å². The molecule has 1 saturated carbocycles. The Morgan fingerprint density at radius 2 is 2.05 bits per heavy atom. The van der Waals surface area contributed by atoms with Crippen molar-refractivity contribution in [2.75, 3.05) is 20.3 Å². The minimum absolute atomic E-state index is 0.692. The van der Waals surface area contributed by atoms with Gasteiger partial charge in [-0.05, 0) is 44.7 Å². The number of methoxy groups -OCH3 is 1. The van der Waals surface area contributed by atoms with Gasteiger partial charge in [-0.1, -0.05) is 0 Å². The van der Waals surface area contributed by atoms with Gasteiger partial charge < -0.3 is 14.8 Å². The number of hydrogen-bond acceptors (Lipinski definition) is 4. The largest absolute Gasteiger partial charge is 0.492 e. The third-order valence-electron chi connectivity index (χ3n) is 3.21. The highest BCUT2D eigenvalue weighted by Gasteiger charge is 2.21. The van der Waals surface area contributed by atoms with E-state index < -0.39 is 0 Å². The Morgan fingerprint density at radius 3 is 2.79 bits per heavy atom. The first-order chi connectivity index (χ1) is 9.29. The predicted octanol–water partition coefficient (Wildman–Crippen LogP) is 2.45. The van der Waals surface area contributed by atoms with Crippen molar-refractivity contribution in [3.63, 3.8) is 0 Å². The lowest BCUT2D eigenvalue weighted by atomic mass is 10.2. The molecule has 2 rings (SSSR count). The molecule has 106 valence electrons. The zero-order valence-electron chi connectivity index (χ0n) is 11.9. The highest BCUT2D eigenvalue weighted by Crippen LogP contribution is 2.22. The molecule has 0 aliphatic heterocycles. The van der Waals surface area contributed by atoms with Gasteiger partial charge in [-0.15, -0.1) is 0 Å². The Balaban J connectivity index is 1.82. The second-order valence-electron chi connectivity index (χ2n) is 5.10. The fraction of sp³-hybridized carbons (Fsp3) is 0.667. The lowest BCUT2D eigenvalue weighted by Gasteiger charge is -2.12. The quantitative estimate of drug-likeness (QED) is 0.696. The molecule has 0 bridgehead atoms. The van der Waals surface area contributed by atoms with Gasteiger partial charge in [-0.2, -0.15) is 0 Å². The third kappa shape index (κ3) is 5.17. The molecule has 0 radical (unpaired) electrons. The summed E-state index contributed by atoms with van der Waals surface area (Å²) in [6.45, 7) is 4.35. The maximum atomic E-state index is 5.83. The Morgan fingerprint density at radius 1 is 1.26 bits per heavy atom. The van der Waals surface area contributed by atoms with Crippen molar-refractivity contribution in [3.05, 3.63) is 23.5 Å². The van der Waals surface area contributed by atoms with Crippen LogP contribution in [0.3, 0.4) is 0 Å². The van der Waals surface area contributed by atoms with Gasteiger partial charge in [-0.3, -0.25) is 4.98 Å². The molecule has 1 heterocycles. The molecule has 0 unspecified atom stereocenters. The number of pyridine rings is 1. The van der Waals surface area contributed by atoms with Gasteiger partial charge in [-0.25, -0.2) is 0 Å². The van der Waals surface area contributed by atoms with Crippen LogP contribution in [0.5, 0.6) is 5.75 Å². The van der Waals surface area contributed by atoms with Crippen LogP contribution in [0.4, 0.5) is 0 Å². The predicted molar refractivity (Wildman–Crippen MR) is 75.4 cm³/mol. The van der Waals surface area contributed by atoms with E-state index in [1.54, 1.807) is 7.11 Å². The van der Waals surface area contributed by atoms with E-state index in [2.05, 4.69) is 10.3 Å². The average Bonchev–Trinajstić information content (AvgIpc) is 3.22. The van der Waals surface area contributed by atoms with E-state index in [4.69, 9.17) is 9.47 Å². The number of ether oxygens (including phenoxy) is 2. The first-order valence-corrected chi connectivity index (χ1v) is 7.11. The van der Waals surface area contributed by atoms with E-state index in [-0.39, 0.29) is 0 Å². The molecule has 0 amide bonds. The summed E-state index contributed by atoms with van der Waals surface area (Å²) in [4.78, 5) is 4.58. The van der Waals surface area contributed by atoms with Crippen molar-refractivity contribution in [2.24, 2.45) is 0 Å². The summed E-state index contributed by atoms with van der Waals surface area (Å²) in [6, 6.07) is 4.73. The number of hydrogen-bond donors (Lipinski definition) is 1. The van der Waals surface area contributed by atoms with Crippen LogP contribution in [0.15, 0.2) is 12.1 Å². The SMILES string of the molecule is COCCCCOc1ccc(C)nc1CNC1CC1. The van der Waals surface area contributed by atoms with E-state index in [0.717, 1.165) is 49.7 Å². The van der Waals surface area contributed by atoms with Gasteiger partial charge in [0.1, 0.15) is 5.75 Å². The summed E-state index contributed by atoms with van der Waals surface area (Å²) >= 11 is 0. The lowest BCUT2D eigenvalue weighted by molar-refractivity contribution is 0.184. The van der Waals surface area contributed by atoms with E-state index in [1.165, 1.54) is 12.8 Å². The highest BCUT2D eigenvalue weighted by atomic mass is 16.5. The van der Waals surface area contributed by atoms with Crippen LogP contribution in [0.25, 0.3) is 0 Å². The first kappa shape index (κ1) is 14.3. The van der Waals surface area contributed by atoms with Gasteiger partial charge in [0.2, 0.25) is 0 Å². The Hall–Kier alpha value is -1.13. The van der Waals surface area contributed by atoms with Crippen LogP contribution in [0.1, 0.15) is 37.1 Å². The molecule has 1 N–H and O–H groups in total. The summed E-state index contributed by atoms with van der Waals surface area (Å²) in [5, 5.41) is 3.49. The fourth-order valence-corrected chi connectivity index (χ4v) is 1.91. The van der Waals surface area contributed by atoms with Crippen LogP contribution >= 0.6 is 0 Å². The summed E-state index contributed by atoms with van der Waals surface area (Å²) in [5.74, 6) is 0.913. The van der Waals surface area contributed by atoms with Crippen LogP contribution in [0, 0.1) is 6.92 Å². The molecule has 0 saturated heterocycles. The molecule has 1 aliphatic rings. The highest BCUT2D eigenvalue weighted by molar-refractivity contribution is 5.29. The first-order valence-electron chi connectivity index (χ1n) is 7.11. The second kappa shape index (κ2) is 7.46. The van der Waals surface area contributed by atoms with Crippen LogP contribution in [-0.4, -0.2) is 31.3 Å². The van der Waals surface area contributed by atoms with Gasteiger partial charge in [0.15, 0.2) is 0 Å². The third-order valence-corrected chi connectivity index (χ3v) is 3.21. The zero-order chi connectivity index (χ0) is 13.5. The molecule has 1 aromatic rings. The normalized spacial score (nSPS) is 14.6. The van der Waals surface area contributed by atoms with Crippen molar-refractivity contribution in [1.82, 2.24) is 10.3 Å². The van der Waals surface area contributed by atoms with Crippen molar-refractivity contribution in [1.29, 1.82) is 0 Å². The monoisotopic (exact) mass is 264 g/mol. The number of nitrogens with one attached hydrogen (secondary N) is 1. The average molecular weight is 264 g/mol. The Labute approximate surface area is 115 Å². The molecule has 0 atom stereocenters. The van der Waals surface area contributed by atoms with Crippen molar-refractivity contribution >= 4 is 0 Å². The molecule has 4 nitrogen and oxygen atoms in total.